The zero-order chi connectivity index (χ0) is 11.1. The third-order valence-corrected chi connectivity index (χ3v) is 1.96. The molecule has 0 aliphatic rings. The summed E-state index contributed by atoms with van der Waals surface area (Å²) in [4.78, 5) is 10.9. The van der Waals surface area contributed by atoms with Crippen LogP contribution in [0.25, 0.3) is 0 Å². The van der Waals surface area contributed by atoms with Crippen molar-refractivity contribution >= 4 is 5.97 Å². The molecule has 0 heterocycles. The first-order valence-corrected chi connectivity index (χ1v) is 4.55. The number of benzene rings is 1. The number of ether oxygens (including phenoxy) is 1. The molecule has 0 aliphatic carbocycles. The second-order valence-corrected chi connectivity index (χ2v) is 2.95. The van der Waals surface area contributed by atoms with Gasteiger partial charge in [-0.25, -0.2) is 0 Å². The van der Waals surface area contributed by atoms with E-state index in [9.17, 15) is 4.79 Å². The Morgan fingerprint density at radius 3 is 2.73 bits per heavy atom. The number of nitrogens with one attached hydrogen (secondary N) is 1. The van der Waals surface area contributed by atoms with Crippen LogP contribution in [-0.4, -0.2) is 19.6 Å². The molecule has 1 aromatic carbocycles. The molecule has 1 rings (SSSR count). The Morgan fingerprint density at radius 2 is 2.20 bits per heavy atom. The summed E-state index contributed by atoms with van der Waals surface area (Å²) in [5, 5.41) is 2.86. The van der Waals surface area contributed by atoms with E-state index in [2.05, 4.69) is 16.0 Å². The van der Waals surface area contributed by atoms with Crippen LogP contribution in [0.3, 0.4) is 0 Å². The molecule has 0 saturated carbocycles. The van der Waals surface area contributed by atoms with E-state index in [-0.39, 0.29) is 18.6 Å². The van der Waals surface area contributed by atoms with Crippen molar-refractivity contribution in [2.45, 2.75) is 6.04 Å². The van der Waals surface area contributed by atoms with Crippen molar-refractivity contribution in [1.82, 2.24) is 5.32 Å². The SMILES string of the molecule is [C+]#CC(NCC(=O)OC)c1ccccc1. The van der Waals surface area contributed by atoms with Gasteiger partial charge in [-0.1, -0.05) is 0 Å². The monoisotopic (exact) mass is 202 g/mol. The van der Waals surface area contributed by atoms with E-state index in [1.165, 1.54) is 7.11 Å². The van der Waals surface area contributed by atoms with Crippen molar-refractivity contribution < 1.29 is 9.53 Å². The molecule has 15 heavy (non-hydrogen) atoms. The number of methoxy groups -OCH3 is 1. The van der Waals surface area contributed by atoms with E-state index in [1.54, 1.807) is 0 Å². The van der Waals surface area contributed by atoms with E-state index in [0.29, 0.717) is 0 Å². The average molecular weight is 202 g/mol. The van der Waals surface area contributed by atoms with Gasteiger partial charge in [-0.05, 0) is 0 Å². The van der Waals surface area contributed by atoms with Crippen molar-refractivity contribution in [3.05, 3.63) is 42.3 Å². The molecule has 0 fully saturated rings. The fourth-order valence-electron chi connectivity index (χ4n) is 1.16. The normalized spacial score (nSPS) is 11.7. The van der Waals surface area contributed by atoms with E-state index in [4.69, 9.17) is 6.42 Å². The molecule has 0 aliphatic heterocycles. The van der Waals surface area contributed by atoms with Gasteiger partial charge in [0.1, 0.15) is 0 Å². The van der Waals surface area contributed by atoms with Crippen LogP contribution < -0.4 is 5.32 Å². The van der Waals surface area contributed by atoms with Gasteiger partial charge >= 0.3 is 88.8 Å². The van der Waals surface area contributed by atoms with Crippen molar-refractivity contribution in [1.29, 1.82) is 0 Å². The van der Waals surface area contributed by atoms with Gasteiger partial charge in [-0.3, -0.25) is 0 Å². The molecule has 0 spiro atoms. The number of rotatable bonds is 4. The van der Waals surface area contributed by atoms with Crippen LogP contribution in [0.15, 0.2) is 30.3 Å². The molecule has 3 heteroatoms. The fourth-order valence-corrected chi connectivity index (χ4v) is 1.16. The maximum atomic E-state index is 10.9. The second-order valence-electron chi connectivity index (χ2n) is 2.95. The summed E-state index contributed by atoms with van der Waals surface area (Å²) in [5.74, 6) is 1.97. The Balaban J connectivity index is 2.59. The maximum absolute atomic E-state index is 10.9. The Morgan fingerprint density at radius 1 is 1.53 bits per heavy atom. The summed E-state index contributed by atoms with van der Waals surface area (Å²) in [6.07, 6.45) is 7.13. The van der Waals surface area contributed by atoms with Gasteiger partial charge in [-0.2, -0.15) is 0 Å². The van der Waals surface area contributed by atoms with E-state index < -0.39 is 0 Å². The Hall–Kier alpha value is -1.57. The first-order valence-electron chi connectivity index (χ1n) is 4.55. The quantitative estimate of drug-likeness (QED) is 0.451. The van der Waals surface area contributed by atoms with Gasteiger partial charge in [0, 0.05) is 0 Å². The molecule has 1 aromatic rings. The zero-order valence-corrected chi connectivity index (χ0v) is 8.49. The molecule has 1 atom stereocenters. The second kappa shape index (κ2) is 6.02. The third-order valence-electron chi connectivity index (χ3n) is 1.96. The van der Waals surface area contributed by atoms with E-state index in [0.717, 1.165) is 5.56 Å². The molecule has 3 nitrogen and oxygen atoms in total. The Labute approximate surface area is 89.4 Å². The fraction of sp³-hybridized carbons (Fsp3) is 0.250. The standard InChI is InChI=1S/C12H12NO2/c1-3-11(13-9-12(14)15-2)10-7-5-4-6-8-10/h4-8,11,13H,9H2,2H3/q+1. The van der Waals surface area contributed by atoms with Crippen LogP contribution in [0.5, 0.6) is 0 Å². The van der Waals surface area contributed by atoms with Gasteiger partial charge in [0.05, 0.1) is 0 Å². The molecule has 76 valence electrons. The number of hydrogen-bond donors (Lipinski definition) is 1. The van der Waals surface area contributed by atoms with Crippen molar-refractivity contribution in [2.24, 2.45) is 0 Å². The molecule has 0 bridgehead atoms. The number of hydrogen-bond acceptors (Lipinski definition) is 3. The third kappa shape index (κ3) is 3.58. The summed E-state index contributed by atoms with van der Waals surface area (Å²) < 4.78 is 4.49. The van der Waals surface area contributed by atoms with Gasteiger partial charge in [0.15, 0.2) is 0 Å². The Kier molecular flexibility index (Phi) is 4.61. The van der Waals surface area contributed by atoms with Crippen LogP contribution in [0, 0.1) is 12.3 Å². The summed E-state index contributed by atoms with van der Waals surface area (Å²) in [6.45, 7) is 0.0714. The first kappa shape index (κ1) is 11.5. The summed E-state index contributed by atoms with van der Waals surface area (Å²) >= 11 is 0. The van der Waals surface area contributed by atoms with Crippen molar-refractivity contribution in [3.8, 4) is 5.92 Å². The average Bonchev–Trinajstić information content (AvgIpc) is 2.31. The molecule has 0 saturated heterocycles. The molecular formula is C12H12NO2+. The molecule has 1 unspecified atom stereocenters. The molecular weight excluding hydrogens is 190 g/mol. The van der Waals surface area contributed by atoms with Gasteiger partial charge < -0.3 is 0 Å². The summed E-state index contributed by atoms with van der Waals surface area (Å²) in [5.41, 5.74) is 0.899. The summed E-state index contributed by atoms with van der Waals surface area (Å²) in [6, 6.07) is 9.02. The number of carbonyl (C=O) groups is 1. The molecule has 0 radical (unpaired) electrons. The van der Waals surface area contributed by atoms with Crippen LogP contribution in [0.4, 0.5) is 0 Å². The molecule has 0 aromatic heterocycles. The topological polar surface area (TPSA) is 38.3 Å². The zero-order valence-electron chi connectivity index (χ0n) is 8.49. The Bertz CT molecular complexity index is 354. The van der Waals surface area contributed by atoms with Crippen LogP contribution >= 0.6 is 0 Å². The van der Waals surface area contributed by atoms with Crippen LogP contribution in [0.1, 0.15) is 11.6 Å². The molecule has 1 N–H and O–H groups in total. The van der Waals surface area contributed by atoms with Crippen molar-refractivity contribution in [3.63, 3.8) is 0 Å². The minimum absolute atomic E-state index is 0.0714. The predicted molar refractivity (Wildman–Crippen MR) is 56.3 cm³/mol. The number of carbonyl (C=O) groups excluding carboxylic acids is 1. The van der Waals surface area contributed by atoms with Gasteiger partial charge in [-0.15, -0.1) is 0 Å². The summed E-state index contributed by atoms with van der Waals surface area (Å²) in [7, 11) is 1.33. The van der Waals surface area contributed by atoms with E-state index >= 15 is 0 Å². The van der Waals surface area contributed by atoms with Crippen LogP contribution in [-0.2, 0) is 9.53 Å². The van der Waals surface area contributed by atoms with Gasteiger partial charge in [0.25, 0.3) is 0 Å². The number of esters is 1. The van der Waals surface area contributed by atoms with Gasteiger partial charge in [0.2, 0.25) is 0 Å². The van der Waals surface area contributed by atoms with Crippen LogP contribution in [0.2, 0.25) is 0 Å². The van der Waals surface area contributed by atoms with Crippen molar-refractivity contribution in [2.75, 3.05) is 13.7 Å². The minimum atomic E-state index is -0.370. The van der Waals surface area contributed by atoms with E-state index in [1.807, 2.05) is 30.3 Å². The predicted octanol–water partition coefficient (Wildman–Crippen LogP) is 1.08. The first-order chi connectivity index (χ1) is 7.27. The molecule has 0 amide bonds.